The van der Waals surface area contributed by atoms with Gasteiger partial charge in [-0.05, 0) is 42.3 Å². The van der Waals surface area contributed by atoms with E-state index in [9.17, 15) is 18.8 Å². The molecule has 13 heteroatoms. The van der Waals surface area contributed by atoms with Gasteiger partial charge in [0.2, 0.25) is 11.8 Å². The quantitative estimate of drug-likeness (QED) is 0.236. The van der Waals surface area contributed by atoms with Crippen molar-refractivity contribution in [3.63, 3.8) is 0 Å². The zero-order chi connectivity index (χ0) is 31.7. The van der Waals surface area contributed by atoms with Crippen LogP contribution in [-0.4, -0.2) is 61.1 Å². The molecule has 0 saturated carbocycles. The molecule has 2 atom stereocenters. The molecule has 5 aromatic rings. The number of aryl methyl sites for hydroxylation is 1. The van der Waals surface area contributed by atoms with Gasteiger partial charge in [0.1, 0.15) is 25.1 Å². The van der Waals surface area contributed by atoms with E-state index in [1.807, 2.05) is 19.1 Å². The van der Waals surface area contributed by atoms with Gasteiger partial charge >= 0.3 is 0 Å². The van der Waals surface area contributed by atoms with Gasteiger partial charge in [0, 0.05) is 23.1 Å². The molecular formula is C32H28F2N8O3. The Hall–Kier alpha value is -5.72. The van der Waals surface area contributed by atoms with Crippen LogP contribution in [0.25, 0.3) is 22.0 Å². The van der Waals surface area contributed by atoms with Crippen LogP contribution in [0.2, 0.25) is 0 Å². The average Bonchev–Trinajstić information content (AvgIpc) is 3.59. The highest BCUT2D eigenvalue weighted by Gasteiger charge is 2.40. The Labute approximate surface area is 256 Å². The fourth-order valence-corrected chi connectivity index (χ4v) is 5.55. The first kappa shape index (κ1) is 29.4. The summed E-state index contributed by atoms with van der Waals surface area (Å²) in [6.45, 7) is 1.14. The number of hydrogen-bond acceptors (Lipinski definition) is 7. The van der Waals surface area contributed by atoms with Crippen LogP contribution in [0.15, 0.2) is 79.4 Å². The maximum atomic E-state index is 15.5. The summed E-state index contributed by atoms with van der Waals surface area (Å²) in [7, 11) is 0. The number of fused-ring (bicyclic) bond motifs is 1. The van der Waals surface area contributed by atoms with Gasteiger partial charge in [-0.15, -0.1) is 0 Å². The molecule has 1 fully saturated rings. The first-order valence-corrected chi connectivity index (χ1v) is 14.1. The summed E-state index contributed by atoms with van der Waals surface area (Å²) in [4.78, 5) is 48.1. The van der Waals surface area contributed by atoms with Gasteiger partial charge in [-0.1, -0.05) is 36.4 Å². The predicted octanol–water partition coefficient (Wildman–Crippen LogP) is 4.36. The first-order chi connectivity index (χ1) is 21.7. The van der Waals surface area contributed by atoms with E-state index in [0.29, 0.717) is 33.4 Å². The number of amides is 3. The third-order valence-corrected chi connectivity index (χ3v) is 7.68. The Morgan fingerprint density at radius 3 is 2.51 bits per heavy atom. The largest absolute Gasteiger partial charge is 0.364 e. The van der Waals surface area contributed by atoms with Crippen molar-refractivity contribution in [1.29, 1.82) is 0 Å². The van der Waals surface area contributed by atoms with E-state index in [1.165, 1.54) is 17.1 Å². The Balaban J connectivity index is 1.23. The fraction of sp³-hybridized carbons (Fsp3) is 0.188. The summed E-state index contributed by atoms with van der Waals surface area (Å²) in [6, 6.07) is 15.8. The Morgan fingerprint density at radius 2 is 1.76 bits per heavy atom. The number of nitrogens with zero attached hydrogens (tertiary/aromatic N) is 5. The molecule has 1 saturated heterocycles. The maximum absolute atomic E-state index is 15.5. The number of carbonyl (C=O) groups excluding carboxylic acids is 3. The van der Waals surface area contributed by atoms with Crippen LogP contribution < -0.4 is 16.4 Å². The molecule has 2 aromatic heterocycles. The minimum absolute atomic E-state index is 0.0612. The lowest BCUT2D eigenvalue weighted by molar-refractivity contribution is -0.137. The van der Waals surface area contributed by atoms with Gasteiger partial charge in [0.25, 0.3) is 5.91 Å². The molecule has 1 aliphatic heterocycles. The molecular weight excluding hydrogens is 582 g/mol. The summed E-state index contributed by atoms with van der Waals surface area (Å²) < 4.78 is 31.5. The fourth-order valence-electron chi connectivity index (χ4n) is 5.55. The van der Waals surface area contributed by atoms with Crippen molar-refractivity contribution in [1.82, 2.24) is 24.6 Å². The molecule has 0 spiro atoms. The van der Waals surface area contributed by atoms with E-state index in [4.69, 9.17) is 5.73 Å². The van der Waals surface area contributed by atoms with Crippen LogP contribution in [0.3, 0.4) is 0 Å². The molecule has 3 heterocycles. The number of primary amides is 1. The third kappa shape index (κ3) is 5.92. The number of nitrogens with two attached hydrogens (primary N) is 1. The summed E-state index contributed by atoms with van der Waals surface area (Å²) in [5.74, 6) is -2.76. The lowest BCUT2D eigenvalue weighted by Crippen LogP contribution is -2.44. The van der Waals surface area contributed by atoms with Gasteiger partial charge in [-0.2, -0.15) is 5.10 Å². The molecule has 45 heavy (non-hydrogen) atoms. The number of rotatable bonds is 8. The molecule has 0 radical (unpaired) electrons. The SMILES string of the molecule is Cc1ccccc1-c1cccc(NC(=O)[C@@H]2C[C@@H](F)CN2C(=O)Cn2nc(C(N)=O)c3cc(Nc4cncnc4)ccc32)c1F. The van der Waals surface area contributed by atoms with Crippen LogP contribution in [0, 0.1) is 12.7 Å². The van der Waals surface area contributed by atoms with Gasteiger partial charge in [-0.3, -0.25) is 19.1 Å². The van der Waals surface area contributed by atoms with E-state index in [-0.39, 0.29) is 24.3 Å². The molecule has 3 aromatic carbocycles. The van der Waals surface area contributed by atoms with E-state index >= 15 is 4.39 Å². The molecule has 0 aliphatic carbocycles. The monoisotopic (exact) mass is 610 g/mol. The third-order valence-electron chi connectivity index (χ3n) is 7.68. The molecule has 0 bridgehead atoms. The van der Waals surface area contributed by atoms with Crippen LogP contribution in [0.1, 0.15) is 22.5 Å². The van der Waals surface area contributed by atoms with E-state index in [2.05, 4.69) is 25.7 Å². The molecule has 228 valence electrons. The summed E-state index contributed by atoms with van der Waals surface area (Å²) in [5.41, 5.74) is 8.92. The molecule has 1 aliphatic rings. The molecule has 0 unspecified atom stereocenters. The zero-order valence-corrected chi connectivity index (χ0v) is 24.1. The topological polar surface area (TPSA) is 148 Å². The normalized spacial score (nSPS) is 16.1. The second kappa shape index (κ2) is 12.1. The van der Waals surface area contributed by atoms with E-state index in [0.717, 1.165) is 10.5 Å². The second-order valence-electron chi connectivity index (χ2n) is 10.7. The minimum Gasteiger partial charge on any atom is -0.364 e. The number of nitrogens with one attached hydrogen (secondary N) is 2. The highest BCUT2D eigenvalue weighted by molar-refractivity contribution is 6.05. The molecule has 6 rings (SSSR count). The average molecular weight is 611 g/mol. The minimum atomic E-state index is -1.46. The van der Waals surface area contributed by atoms with Crippen molar-refractivity contribution in [2.45, 2.75) is 32.1 Å². The predicted molar refractivity (Wildman–Crippen MR) is 164 cm³/mol. The Morgan fingerprint density at radius 1 is 1.00 bits per heavy atom. The van der Waals surface area contributed by atoms with Crippen LogP contribution in [0.5, 0.6) is 0 Å². The zero-order valence-electron chi connectivity index (χ0n) is 24.1. The number of hydrogen-bond donors (Lipinski definition) is 3. The van der Waals surface area contributed by atoms with E-state index in [1.54, 1.807) is 54.9 Å². The highest BCUT2D eigenvalue weighted by Crippen LogP contribution is 2.31. The van der Waals surface area contributed by atoms with Crippen LogP contribution in [-0.2, 0) is 16.1 Å². The number of alkyl halides is 1. The molecule has 11 nitrogen and oxygen atoms in total. The van der Waals surface area contributed by atoms with Crippen LogP contribution in [0.4, 0.5) is 25.8 Å². The van der Waals surface area contributed by atoms with Crippen molar-refractivity contribution in [2.75, 3.05) is 17.2 Å². The van der Waals surface area contributed by atoms with Crippen molar-refractivity contribution in [3.8, 4) is 11.1 Å². The highest BCUT2D eigenvalue weighted by atomic mass is 19.1. The van der Waals surface area contributed by atoms with Gasteiger partial charge in [0.15, 0.2) is 11.5 Å². The lowest BCUT2D eigenvalue weighted by atomic mass is 9.99. The van der Waals surface area contributed by atoms with Crippen molar-refractivity contribution in [3.05, 3.63) is 96.5 Å². The maximum Gasteiger partial charge on any atom is 0.269 e. The van der Waals surface area contributed by atoms with E-state index < -0.39 is 42.3 Å². The number of carbonyl (C=O) groups is 3. The van der Waals surface area contributed by atoms with Crippen molar-refractivity contribution >= 4 is 45.7 Å². The number of benzene rings is 3. The Kier molecular flexibility index (Phi) is 7.90. The van der Waals surface area contributed by atoms with Gasteiger partial charge < -0.3 is 21.3 Å². The number of halogens is 2. The molecule has 3 amide bonds. The lowest BCUT2D eigenvalue weighted by Gasteiger charge is -2.24. The smallest absolute Gasteiger partial charge is 0.269 e. The summed E-state index contributed by atoms with van der Waals surface area (Å²) in [5, 5.41) is 10.3. The number of anilines is 3. The van der Waals surface area contributed by atoms with Crippen molar-refractivity contribution in [2.24, 2.45) is 5.73 Å². The first-order valence-electron chi connectivity index (χ1n) is 14.1. The summed E-state index contributed by atoms with van der Waals surface area (Å²) in [6.07, 6.45) is 2.83. The van der Waals surface area contributed by atoms with Crippen molar-refractivity contribution < 1.29 is 23.2 Å². The summed E-state index contributed by atoms with van der Waals surface area (Å²) >= 11 is 0. The standard InChI is InChI=1S/C32H28F2N8O3/c1-18-5-2-3-6-22(18)23-7-4-8-25(29(23)34)39-32(45)27-11-19(33)15-41(27)28(43)16-42-26-10-9-20(38-21-13-36-17-37-14-21)12-24(26)30(40-42)31(35)44/h2-10,12-14,17,19,27,38H,11,15-16H2,1H3,(H2,35,44)(H,39,45)/t19-,27+/m1/s1. The number of likely N-dealkylation sites (tertiary alicyclic amines) is 1. The Bertz CT molecular complexity index is 1930. The number of aromatic nitrogens is 4. The van der Waals surface area contributed by atoms with Gasteiger partial charge in [0.05, 0.1) is 35.8 Å². The van der Waals surface area contributed by atoms with Gasteiger partial charge in [-0.25, -0.2) is 18.7 Å². The molecule has 4 N–H and O–H groups in total. The second-order valence-corrected chi connectivity index (χ2v) is 10.7. The van der Waals surface area contributed by atoms with Crippen LogP contribution >= 0.6 is 0 Å².